The molecule has 1 amide bonds. The van der Waals surface area contributed by atoms with Crippen LogP contribution < -0.4 is 11.0 Å². The monoisotopic (exact) mass is 317 g/mol. The second-order valence-electron chi connectivity index (χ2n) is 4.46. The summed E-state index contributed by atoms with van der Waals surface area (Å²) in [6.45, 7) is 2.51. The molecule has 0 unspecified atom stereocenters. The summed E-state index contributed by atoms with van der Waals surface area (Å²) in [7, 11) is 0. The lowest BCUT2D eigenvalue weighted by Gasteiger charge is -2.07. The first-order valence-corrected chi connectivity index (χ1v) is 7.71. The van der Waals surface area contributed by atoms with Crippen LogP contribution in [0.15, 0.2) is 34.2 Å². The van der Waals surface area contributed by atoms with Gasteiger partial charge in [0.05, 0.1) is 17.0 Å². The number of aromatic nitrogens is 3. The van der Waals surface area contributed by atoms with E-state index in [-0.39, 0.29) is 17.3 Å². The van der Waals surface area contributed by atoms with E-state index in [1.165, 1.54) is 16.3 Å². The van der Waals surface area contributed by atoms with Crippen LogP contribution in [0.1, 0.15) is 18.9 Å². The molecule has 0 spiro atoms. The highest BCUT2D eigenvalue weighted by Crippen LogP contribution is 2.16. The van der Waals surface area contributed by atoms with Crippen LogP contribution in [0.2, 0.25) is 0 Å². The minimum absolute atomic E-state index is 0.105. The Morgan fingerprint density at radius 1 is 1.50 bits per heavy atom. The van der Waals surface area contributed by atoms with Gasteiger partial charge in [0.1, 0.15) is 6.07 Å². The largest absolute Gasteiger partial charge is 0.343 e. The number of amides is 1. The van der Waals surface area contributed by atoms with Crippen molar-refractivity contribution in [3.05, 3.63) is 40.3 Å². The average Bonchev–Trinajstić information content (AvgIpc) is 2.87. The van der Waals surface area contributed by atoms with Crippen molar-refractivity contribution in [2.75, 3.05) is 11.1 Å². The Hall–Kier alpha value is -2.53. The summed E-state index contributed by atoms with van der Waals surface area (Å²) < 4.78 is 1.50. The van der Waals surface area contributed by atoms with Gasteiger partial charge in [0.25, 0.3) is 0 Å². The maximum Gasteiger partial charge on any atom is 0.343 e. The van der Waals surface area contributed by atoms with Crippen LogP contribution in [0.25, 0.3) is 0 Å². The molecule has 8 heteroatoms. The Kier molecular flexibility index (Phi) is 5.38. The van der Waals surface area contributed by atoms with Crippen molar-refractivity contribution in [1.29, 1.82) is 5.26 Å². The Morgan fingerprint density at radius 2 is 2.27 bits per heavy atom. The molecule has 2 aromatic rings. The topological polar surface area (TPSA) is 104 Å². The Balaban J connectivity index is 1.99. The summed E-state index contributed by atoms with van der Waals surface area (Å²) in [6, 6.07) is 8.80. The number of benzene rings is 1. The van der Waals surface area contributed by atoms with Gasteiger partial charge in [-0.1, -0.05) is 30.8 Å². The molecule has 0 saturated heterocycles. The number of nitrogens with one attached hydrogen (secondary N) is 2. The quantitative estimate of drug-likeness (QED) is 0.787. The number of nitrogens with zero attached hydrogens (tertiary/aromatic N) is 3. The Labute approximate surface area is 131 Å². The number of para-hydroxylation sites is 1. The molecule has 1 heterocycles. The number of hydrogen-bond donors (Lipinski definition) is 2. The average molecular weight is 317 g/mol. The molecule has 0 bridgehead atoms. The van der Waals surface area contributed by atoms with Gasteiger partial charge >= 0.3 is 5.69 Å². The molecule has 0 radical (unpaired) electrons. The maximum absolute atomic E-state index is 12.0. The predicted molar refractivity (Wildman–Crippen MR) is 83.6 cm³/mol. The first kappa shape index (κ1) is 15.9. The third kappa shape index (κ3) is 3.77. The number of anilines is 1. The van der Waals surface area contributed by atoms with Crippen molar-refractivity contribution in [2.45, 2.75) is 25.0 Å². The highest BCUT2D eigenvalue weighted by molar-refractivity contribution is 7.99. The SMILES string of the molecule is CCCn1c(SCC(=O)Nc2ccccc2C#N)n[nH]c1=O. The Bertz CT molecular complexity index is 759. The summed E-state index contributed by atoms with van der Waals surface area (Å²) >= 11 is 1.17. The summed E-state index contributed by atoms with van der Waals surface area (Å²) in [4.78, 5) is 23.5. The number of carbonyl (C=O) groups excluding carboxylic acids is 1. The van der Waals surface area contributed by atoms with E-state index >= 15 is 0 Å². The van der Waals surface area contributed by atoms with E-state index in [4.69, 9.17) is 5.26 Å². The highest BCUT2D eigenvalue weighted by atomic mass is 32.2. The minimum Gasteiger partial charge on any atom is -0.324 e. The van der Waals surface area contributed by atoms with E-state index in [1.807, 2.05) is 13.0 Å². The van der Waals surface area contributed by atoms with Gasteiger partial charge in [0.15, 0.2) is 5.16 Å². The molecule has 1 aromatic carbocycles. The first-order chi connectivity index (χ1) is 10.7. The number of H-pyrrole nitrogens is 1. The molecule has 0 atom stereocenters. The molecule has 0 fully saturated rings. The van der Waals surface area contributed by atoms with Gasteiger partial charge in [-0.05, 0) is 18.6 Å². The van der Waals surface area contributed by atoms with Crippen molar-refractivity contribution >= 4 is 23.4 Å². The van der Waals surface area contributed by atoms with E-state index in [9.17, 15) is 9.59 Å². The van der Waals surface area contributed by atoms with E-state index in [0.29, 0.717) is 23.0 Å². The fourth-order valence-electron chi connectivity index (χ4n) is 1.84. The lowest BCUT2D eigenvalue weighted by molar-refractivity contribution is -0.113. The number of hydrogen-bond acceptors (Lipinski definition) is 5. The Morgan fingerprint density at radius 3 is 3.00 bits per heavy atom. The molecular formula is C14H15N5O2S. The van der Waals surface area contributed by atoms with Gasteiger partial charge in [-0.3, -0.25) is 9.36 Å². The summed E-state index contributed by atoms with van der Waals surface area (Å²) in [5.41, 5.74) is 0.603. The third-order valence-corrected chi connectivity index (χ3v) is 3.80. The molecule has 114 valence electrons. The number of rotatable bonds is 6. The van der Waals surface area contributed by atoms with Gasteiger partial charge < -0.3 is 5.32 Å². The summed E-state index contributed by atoms with van der Waals surface area (Å²) in [6.07, 6.45) is 0.800. The zero-order valence-corrected chi connectivity index (χ0v) is 12.8. The maximum atomic E-state index is 12.0. The van der Waals surface area contributed by atoms with Gasteiger partial charge in [-0.15, -0.1) is 5.10 Å². The van der Waals surface area contributed by atoms with Crippen LogP contribution in [0.5, 0.6) is 0 Å². The molecule has 2 rings (SSSR count). The number of nitriles is 1. The van der Waals surface area contributed by atoms with Crippen LogP contribution in [-0.4, -0.2) is 26.4 Å². The fourth-order valence-corrected chi connectivity index (χ4v) is 2.61. The van der Waals surface area contributed by atoms with E-state index in [0.717, 1.165) is 6.42 Å². The highest BCUT2D eigenvalue weighted by Gasteiger charge is 2.12. The van der Waals surface area contributed by atoms with Crippen molar-refractivity contribution in [3.8, 4) is 6.07 Å². The van der Waals surface area contributed by atoms with Crippen LogP contribution in [-0.2, 0) is 11.3 Å². The fraction of sp³-hybridized carbons (Fsp3) is 0.286. The van der Waals surface area contributed by atoms with Crippen molar-refractivity contribution < 1.29 is 4.79 Å². The van der Waals surface area contributed by atoms with Crippen LogP contribution >= 0.6 is 11.8 Å². The van der Waals surface area contributed by atoms with Crippen molar-refractivity contribution in [1.82, 2.24) is 14.8 Å². The number of aromatic amines is 1. The second kappa shape index (κ2) is 7.47. The van der Waals surface area contributed by atoms with Crippen molar-refractivity contribution in [3.63, 3.8) is 0 Å². The predicted octanol–water partition coefficient (Wildman–Crippen LogP) is 1.58. The van der Waals surface area contributed by atoms with Gasteiger partial charge in [-0.25, -0.2) is 9.89 Å². The molecule has 22 heavy (non-hydrogen) atoms. The molecule has 1 aromatic heterocycles. The smallest absolute Gasteiger partial charge is 0.324 e. The molecule has 0 saturated carbocycles. The second-order valence-corrected chi connectivity index (χ2v) is 5.40. The summed E-state index contributed by atoms with van der Waals surface area (Å²) in [5.74, 6) is -0.153. The first-order valence-electron chi connectivity index (χ1n) is 6.72. The van der Waals surface area contributed by atoms with Crippen LogP contribution in [0.3, 0.4) is 0 Å². The third-order valence-electron chi connectivity index (χ3n) is 2.82. The lowest BCUT2D eigenvalue weighted by atomic mass is 10.2. The zero-order chi connectivity index (χ0) is 15.9. The molecule has 0 aliphatic heterocycles. The van der Waals surface area contributed by atoms with Crippen LogP contribution in [0, 0.1) is 11.3 Å². The van der Waals surface area contributed by atoms with Crippen molar-refractivity contribution in [2.24, 2.45) is 0 Å². The lowest BCUT2D eigenvalue weighted by Crippen LogP contribution is -2.18. The van der Waals surface area contributed by atoms with E-state index in [2.05, 4.69) is 15.5 Å². The molecule has 2 N–H and O–H groups in total. The van der Waals surface area contributed by atoms with E-state index in [1.54, 1.807) is 24.3 Å². The molecular weight excluding hydrogens is 302 g/mol. The molecule has 0 aliphatic carbocycles. The minimum atomic E-state index is -0.278. The standard InChI is InChI=1S/C14H15N5O2S/c1-2-7-19-13(21)17-18-14(19)22-9-12(20)16-11-6-4-3-5-10(11)8-15/h3-6H,2,7,9H2,1H3,(H,16,20)(H,17,21). The van der Waals surface area contributed by atoms with Gasteiger partial charge in [0, 0.05) is 6.54 Å². The van der Waals surface area contributed by atoms with Crippen LogP contribution in [0.4, 0.5) is 5.69 Å². The number of thioether (sulfide) groups is 1. The van der Waals surface area contributed by atoms with Gasteiger partial charge in [-0.2, -0.15) is 5.26 Å². The zero-order valence-electron chi connectivity index (χ0n) is 12.0. The summed E-state index contributed by atoms with van der Waals surface area (Å²) in [5, 5.41) is 18.4. The van der Waals surface area contributed by atoms with E-state index < -0.39 is 0 Å². The molecule has 7 nitrogen and oxygen atoms in total. The number of carbonyl (C=O) groups is 1. The van der Waals surface area contributed by atoms with Gasteiger partial charge in [0.2, 0.25) is 5.91 Å². The molecule has 0 aliphatic rings. The normalized spacial score (nSPS) is 10.2.